The zero-order chi connectivity index (χ0) is 7.44. The maximum absolute atomic E-state index is 10.2. The van der Waals surface area contributed by atoms with E-state index in [2.05, 4.69) is 27.2 Å². The van der Waals surface area contributed by atoms with E-state index in [1.165, 1.54) is 0 Å². The Bertz CT molecular complexity index is 111. The summed E-state index contributed by atoms with van der Waals surface area (Å²) in [4.78, 5) is 10.2. The largest absolute Gasteiger partial charge is 0.480 e. The molecule has 0 aliphatic heterocycles. The highest BCUT2D eigenvalue weighted by atomic mass is 32.1. The number of carboxylic acids is 1. The van der Waals surface area contributed by atoms with E-state index in [1.807, 2.05) is 0 Å². The molecule has 0 rings (SSSR count). The van der Waals surface area contributed by atoms with E-state index in [4.69, 9.17) is 5.11 Å². The van der Waals surface area contributed by atoms with Crippen molar-refractivity contribution in [3.8, 4) is 0 Å². The summed E-state index contributed by atoms with van der Waals surface area (Å²) < 4.78 is 0. The van der Waals surface area contributed by atoms with Crippen LogP contribution in [0.4, 0.5) is 0 Å². The Balaban J connectivity index is 3.72. The summed E-state index contributed by atoms with van der Waals surface area (Å²) in [5, 5.41) is 10.5. The number of nitrogens with one attached hydrogen (secondary N) is 1. The van der Waals surface area contributed by atoms with Gasteiger partial charge in [0.2, 0.25) is 0 Å². The predicted octanol–water partition coefficient (Wildman–Crippen LogP) is -0.210. The van der Waals surface area contributed by atoms with E-state index >= 15 is 0 Å². The Labute approximate surface area is 61.8 Å². The van der Waals surface area contributed by atoms with Crippen molar-refractivity contribution in [3.63, 3.8) is 0 Å². The monoisotopic (exact) mass is 167 g/mol. The Hall–Kier alpha value is 0.210. The molecule has 3 atom stereocenters. The van der Waals surface area contributed by atoms with E-state index in [9.17, 15) is 4.79 Å². The fraction of sp³-hybridized carbons (Fsp3) is 0.750. The fourth-order valence-electron chi connectivity index (χ4n) is 0.311. The lowest BCUT2D eigenvalue weighted by Gasteiger charge is -2.12. The first-order valence-corrected chi connectivity index (χ1v) is 3.61. The minimum absolute atomic E-state index is 0.175. The minimum atomic E-state index is -0.910. The van der Waals surface area contributed by atoms with Crippen LogP contribution in [0.5, 0.6) is 0 Å². The summed E-state index contributed by atoms with van der Waals surface area (Å²) >= 11 is 3.82. The summed E-state index contributed by atoms with van der Waals surface area (Å²) in [7, 11) is 4.03. The normalized spacial score (nSPS) is 16.8. The molecule has 0 heterocycles. The van der Waals surface area contributed by atoms with Crippen LogP contribution in [0.1, 0.15) is 0 Å². The summed E-state index contributed by atoms with van der Waals surface area (Å²) in [5.74, 6) is -1.08. The van der Waals surface area contributed by atoms with Gasteiger partial charge in [-0.25, -0.2) is 0 Å². The first-order chi connectivity index (χ1) is 4.09. The summed E-state index contributed by atoms with van der Waals surface area (Å²) in [6, 6.07) is 0. The molecular weight excluding hydrogens is 157 g/mol. The van der Waals surface area contributed by atoms with E-state index in [0.717, 1.165) is 0 Å². The number of carbonyl (C=O) groups is 1. The highest BCUT2D eigenvalue weighted by molar-refractivity contribution is 7.82. The van der Waals surface area contributed by atoms with Crippen LogP contribution in [-0.2, 0) is 4.79 Å². The molecule has 0 saturated carbocycles. The summed E-state index contributed by atoms with van der Waals surface area (Å²) in [6.45, 7) is 0. The van der Waals surface area contributed by atoms with Crippen molar-refractivity contribution in [3.05, 3.63) is 0 Å². The first kappa shape index (κ1) is 9.21. The van der Waals surface area contributed by atoms with Gasteiger partial charge in [0.1, 0.15) is 5.25 Å². The van der Waals surface area contributed by atoms with E-state index in [-0.39, 0.29) is 5.78 Å². The molecule has 0 aromatic carbocycles. The van der Waals surface area contributed by atoms with E-state index in [0.29, 0.717) is 0 Å². The third-order valence-electron chi connectivity index (χ3n) is 0.927. The second-order valence-corrected chi connectivity index (χ2v) is 2.87. The van der Waals surface area contributed by atoms with E-state index < -0.39 is 11.2 Å². The van der Waals surface area contributed by atoms with Gasteiger partial charge in [-0.1, -0.05) is 0 Å². The van der Waals surface area contributed by atoms with Crippen molar-refractivity contribution in [2.45, 2.75) is 11.0 Å². The number of rotatable bonds is 3. The molecule has 0 aliphatic rings. The average Bonchev–Trinajstić information content (AvgIpc) is 1.84. The van der Waals surface area contributed by atoms with Gasteiger partial charge < -0.3 is 10.4 Å². The van der Waals surface area contributed by atoms with Gasteiger partial charge in [0.25, 0.3) is 0 Å². The third-order valence-corrected chi connectivity index (χ3v) is 2.51. The lowest BCUT2D eigenvalue weighted by Crippen LogP contribution is -2.33. The van der Waals surface area contributed by atoms with Crippen LogP contribution in [-0.4, -0.2) is 29.2 Å². The molecule has 0 radical (unpaired) electrons. The predicted molar refractivity (Wildman–Crippen MR) is 43.0 cm³/mol. The third kappa shape index (κ3) is 3.04. The van der Waals surface area contributed by atoms with Crippen molar-refractivity contribution in [2.75, 3.05) is 7.05 Å². The van der Waals surface area contributed by atoms with Crippen molar-refractivity contribution in [2.24, 2.45) is 0 Å². The zero-order valence-corrected chi connectivity index (χ0v) is 7.08. The Kier molecular flexibility index (Phi) is 4.19. The van der Waals surface area contributed by atoms with E-state index in [1.54, 1.807) is 7.05 Å². The fourth-order valence-corrected chi connectivity index (χ4v) is 0.625. The van der Waals surface area contributed by atoms with Crippen LogP contribution >= 0.6 is 21.9 Å². The zero-order valence-electron chi connectivity index (χ0n) is 5.03. The molecule has 0 aromatic heterocycles. The molecule has 3 nitrogen and oxygen atoms in total. The second-order valence-electron chi connectivity index (χ2n) is 1.60. The number of hydrogen-bond acceptors (Lipinski definition) is 3. The van der Waals surface area contributed by atoms with Crippen molar-refractivity contribution in [1.29, 1.82) is 0 Å². The molecule has 0 aliphatic carbocycles. The second kappa shape index (κ2) is 4.09. The van der Waals surface area contributed by atoms with Gasteiger partial charge in [0, 0.05) is 5.78 Å². The van der Waals surface area contributed by atoms with Crippen LogP contribution in [0, 0.1) is 0 Å². The van der Waals surface area contributed by atoms with Crippen LogP contribution in [0.15, 0.2) is 0 Å². The minimum Gasteiger partial charge on any atom is -0.480 e. The number of carboxylic acid groups (broad SMARTS) is 1. The molecule has 3 unspecified atom stereocenters. The molecule has 5 heteroatoms. The molecule has 0 bridgehead atoms. The molecule has 54 valence electrons. The molecule has 0 amide bonds. The highest BCUT2D eigenvalue weighted by Crippen LogP contribution is 2.07. The number of thiol groups is 1. The topological polar surface area (TPSA) is 49.3 Å². The molecular formula is C4H10NO2PS. The SMILES string of the molecule is CNC(P)C(S)C(=O)O. The molecule has 0 saturated heterocycles. The Morgan fingerprint density at radius 2 is 2.33 bits per heavy atom. The van der Waals surface area contributed by atoms with Crippen molar-refractivity contribution >= 4 is 27.8 Å². The lowest BCUT2D eigenvalue weighted by atomic mass is 10.4. The first-order valence-electron chi connectivity index (χ1n) is 2.43. The lowest BCUT2D eigenvalue weighted by molar-refractivity contribution is -0.136. The van der Waals surface area contributed by atoms with Gasteiger partial charge in [-0.3, -0.25) is 4.79 Å². The maximum Gasteiger partial charge on any atom is 0.318 e. The number of hydrogen-bond donors (Lipinski definition) is 3. The van der Waals surface area contributed by atoms with Crippen LogP contribution < -0.4 is 5.32 Å². The van der Waals surface area contributed by atoms with Crippen LogP contribution in [0.3, 0.4) is 0 Å². The smallest absolute Gasteiger partial charge is 0.318 e. The summed E-state index contributed by atoms with van der Waals surface area (Å²) in [6.07, 6.45) is 0. The van der Waals surface area contributed by atoms with Crippen molar-refractivity contribution in [1.82, 2.24) is 5.32 Å². The standard InChI is InChI=1S/C4H10NO2PS/c1-5-3(8)2(9)4(6)7/h2-3,5,9H,8H2,1H3,(H,6,7). The van der Waals surface area contributed by atoms with Gasteiger partial charge >= 0.3 is 5.97 Å². The van der Waals surface area contributed by atoms with Gasteiger partial charge in [-0.2, -0.15) is 12.6 Å². The molecule has 2 N–H and O–H groups in total. The summed E-state index contributed by atoms with van der Waals surface area (Å²) in [5.41, 5.74) is 0. The van der Waals surface area contributed by atoms with Crippen molar-refractivity contribution < 1.29 is 9.90 Å². The van der Waals surface area contributed by atoms with Crippen LogP contribution in [0.25, 0.3) is 0 Å². The van der Waals surface area contributed by atoms with Gasteiger partial charge in [-0.15, -0.1) is 9.24 Å². The van der Waals surface area contributed by atoms with Gasteiger partial charge in [-0.05, 0) is 7.05 Å². The average molecular weight is 167 g/mol. The van der Waals surface area contributed by atoms with Gasteiger partial charge in [0.15, 0.2) is 0 Å². The van der Waals surface area contributed by atoms with Gasteiger partial charge in [0.05, 0.1) is 0 Å². The molecule has 0 spiro atoms. The molecule has 0 fully saturated rings. The Morgan fingerprint density at radius 1 is 1.89 bits per heavy atom. The van der Waals surface area contributed by atoms with Crippen LogP contribution in [0.2, 0.25) is 0 Å². The quantitative estimate of drug-likeness (QED) is 0.402. The molecule has 9 heavy (non-hydrogen) atoms. The number of aliphatic carboxylic acids is 1. The Morgan fingerprint density at radius 3 is 2.44 bits per heavy atom. The highest BCUT2D eigenvalue weighted by Gasteiger charge is 2.17. The maximum atomic E-state index is 10.2. The molecule has 0 aromatic rings.